The quantitative estimate of drug-likeness (QED) is 0.886. The maximum absolute atomic E-state index is 6.31. The molecule has 2 atom stereocenters. The molecule has 2 bridgehead atoms. The zero-order chi connectivity index (χ0) is 13.4. The van der Waals surface area contributed by atoms with Crippen molar-refractivity contribution in [1.82, 2.24) is 5.32 Å². The number of piperidine rings is 2. The van der Waals surface area contributed by atoms with Crippen molar-refractivity contribution in [2.45, 2.75) is 57.2 Å². The van der Waals surface area contributed by atoms with Gasteiger partial charge in [-0.15, -0.1) is 0 Å². The van der Waals surface area contributed by atoms with E-state index < -0.39 is 0 Å². The van der Waals surface area contributed by atoms with Crippen LogP contribution in [0.3, 0.4) is 0 Å². The van der Waals surface area contributed by atoms with E-state index >= 15 is 0 Å². The van der Waals surface area contributed by atoms with Gasteiger partial charge < -0.3 is 10.2 Å². The van der Waals surface area contributed by atoms with Crippen molar-refractivity contribution in [1.29, 1.82) is 0 Å². The highest BCUT2D eigenvalue weighted by Crippen LogP contribution is 2.38. The Hall–Kier alpha value is -0.730. The Balaban J connectivity index is 1.89. The summed E-state index contributed by atoms with van der Waals surface area (Å²) in [5, 5.41) is 4.37. The second-order valence-corrected chi connectivity index (χ2v) is 6.44. The molecule has 3 rings (SSSR count). The van der Waals surface area contributed by atoms with E-state index in [9.17, 15) is 0 Å². The van der Waals surface area contributed by atoms with Crippen molar-refractivity contribution in [2.75, 3.05) is 11.9 Å². The van der Waals surface area contributed by atoms with E-state index in [4.69, 9.17) is 11.6 Å². The van der Waals surface area contributed by atoms with Gasteiger partial charge in [0.2, 0.25) is 0 Å². The first-order valence-corrected chi connectivity index (χ1v) is 7.78. The molecule has 2 aliphatic heterocycles. The van der Waals surface area contributed by atoms with Crippen molar-refractivity contribution < 1.29 is 0 Å². The van der Waals surface area contributed by atoms with Crippen LogP contribution in [0.5, 0.6) is 0 Å². The molecule has 1 N–H and O–H groups in total. The molecule has 19 heavy (non-hydrogen) atoms. The van der Waals surface area contributed by atoms with Crippen LogP contribution < -0.4 is 10.2 Å². The maximum Gasteiger partial charge on any atom is 0.0455 e. The predicted molar refractivity (Wildman–Crippen MR) is 82.2 cm³/mol. The Kier molecular flexibility index (Phi) is 3.72. The van der Waals surface area contributed by atoms with E-state index in [1.165, 1.54) is 43.4 Å². The molecule has 0 spiro atoms. The van der Waals surface area contributed by atoms with Gasteiger partial charge in [-0.3, -0.25) is 0 Å². The van der Waals surface area contributed by atoms with Crippen LogP contribution in [0.2, 0.25) is 5.02 Å². The van der Waals surface area contributed by atoms with E-state index in [1.54, 1.807) is 0 Å². The van der Waals surface area contributed by atoms with Crippen LogP contribution in [0.1, 0.15) is 37.7 Å². The molecular formula is C16H23ClN2. The van der Waals surface area contributed by atoms with Gasteiger partial charge in [-0.05, 0) is 63.8 Å². The molecule has 1 aromatic rings. The SMILES string of the molecule is CNC1CC2CCCC(C1)N2c1ccc(C)c(Cl)c1. The zero-order valence-corrected chi connectivity index (χ0v) is 12.6. The molecule has 0 aliphatic carbocycles. The van der Waals surface area contributed by atoms with E-state index in [-0.39, 0.29) is 0 Å². The summed E-state index contributed by atoms with van der Waals surface area (Å²) in [7, 11) is 2.10. The largest absolute Gasteiger partial charge is 0.365 e. The number of nitrogens with zero attached hydrogens (tertiary/aromatic N) is 1. The molecule has 2 nitrogen and oxygen atoms in total. The third-order valence-electron chi connectivity index (χ3n) is 4.84. The molecule has 2 aliphatic rings. The Morgan fingerprint density at radius 2 is 1.89 bits per heavy atom. The second-order valence-electron chi connectivity index (χ2n) is 6.04. The Morgan fingerprint density at radius 3 is 2.47 bits per heavy atom. The predicted octanol–water partition coefficient (Wildman–Crippen LogP) is 3.76. The topological polar surface area (TPSA) is 15.3 Å². The molecule has 0 radical (unpaired) electrons. The molecule has 2 unspecified atom stereocenters. The van der Waals surface area contributed by atoms with Gasteiger partial charge in [0.05, 0.1) is 0 Å². The van der Waals surface area contributed by atoms with Crippen LogP contribution in [0.4, 0.5) is 5.69 Å². The summed E-state index contributed by atoms with van der Waals surface area (Å²) in [4.78, 5) is 2.64. The summed E-state index contributed by atoms with van der Waals surface area (Å²) in [6.45, 7) is 2.07. The lowest BCUT2D eigenvalue weighted by atomic mass is 9.81. The summed E-state index contributed by atoms with van der Waals surface area (Å²) in [6, 6.07) is 8.60. The molecule has 2 heterocycles. The molecule has 2 saturated heterocycles. The third-order valence-corrected chi connectivity index (χ3v) is 5.24. The Labute approximate surface area is 121 Å². The Bertz CT molecular complexity index is 446. The number of hydrogen-bond donors (Lipinski definition) is 1. The molecule has 0 amide bonds. The van der Waals surface area contributed by atoms with E-state index in [0.717, 1.165) is 5.02 Å². The highest BCUT2D eigenvalue weighted by molar-refractivity contribution is 6.31. The normalized spacial score (nSPS) is 30.5. The van der Waals surface area contributed by atoms with Crippen LogP contribution in [0.15, 0.2) is 18.2 Å². The maximum atomic E-state index is 6.31. The average Bonchev–Trinajstić information content (AvgIpc) is 2.40. The van der Waals surface area contributed by atoms with Crippen LogP contribution in [-0.2, 0) is 0 Å². The average molecular weight is 279 g/mol. The van der Waals surface area contributed by atoms with E-state index in [1.807, 2.05) is 0 Å². The van der Waals surface area contributed by atoms with Crippen molar-refractivity contribution in [3.05, 3.63) is 28.8 Å². The van der Waals surface area contributed by atoms with Gasteiger partial charge in [-0.25, -0.2) is 0 Å². The molecule has 0 aromatic heterocycles. The van der Waals surface area contributed by atoms with Crippen molar-refractivity contribution in [2.24, 2.45) is 0 Å². The Morgan fingerprint density at radius 1 is 1.21 bits per heavy atom. The van der Waals surface area contributed by atoms with Gasteiger partial charge in [-0.1, -0.05) is 17.7 Å². The lowest BCUT2D eigenvalue weighted by Gasteiger charge is -2.50. The van der Waals surface area contributed by atoms with Crippen molar-refractivity contribution in [3.63, 3.8) is 0 Å². The van der Waals surface area contributed by atoms with Crippen molar-refractivity contribution >= 4 is 17.3 Å². The highest BCUT2D eigenvalue weighted by atomic mass is 35.5. The van der Waals surface area contributed by atoms with Gasteiger partial charge in [0, 0.05) is 28.8 Å². The summed E-state index contributed by atoms with van der Waals surface area (Å²) < 4.78 is 0. The third kappa shape index (κ3) is 2.48. The minimum absolute atomic E-state index is 0.684. The molecule has 0 saturated carbocycles. The van der Waals surface area contributed by atoms with Gasteiger partial charge >= 0.3 is 0 Å². The van der Waals surface area contributed by atoms with Crippen LogP contribution >= 0.6 is 11.6 Å². The van der Waals surface area contributed by atoms with Crippen molar-refractivity contribution in [3.8, 4) is 0 Å². The second kappa shape index (κ2) is 5.34. The van der Waals surface area contributed by atoms with E-state index in [0.29, 0.717) is 18.1 Å². The molecule has 104 valence electrons. The fourth-order valence-electron chi connectivity index (χ4n) is 3.78. The highest BCUT2D eigenvalue weighted by Gasteiger charge is 2.37. The number of hydrogen-bond acceptors (Lipinski definition) is 2. The van der Waals surface area contributed by atoms with Gasteiger partial charge in [0.25, 0.3) is 0 Å². The standard InChI is InChI=1S/C16H23ClN2/c1-11-6-7-15(10-16(11)17)19-13-4-3-5-14(19)9-12(8-13)18-2/h6-7,10,12-14,18H,3-5,8-9H2,1-2H3. The number of anilines is 1. The summed E-state index contributed by atoms with van der Waals surface area (Å²) in [6.07, 6.45) is 6.54. The lowest BCUT2D eigenvalue weighted by molar-refractivity contribution is 0.252. The monoisotopic (exact) mass is 278 g/mol. The first-order valence-electron chi connectivity index (χ1n) is 7.41. The number of aryl methyl sites for hydroxylation is 1. The number of halogens is 1. The van der Waals surface area contributed by atoms with Crippen LogP contribution in [0.25, 0.3) is 0 Å². The molecule has 1 aromatic carbocycles. The van der Waals surface area contributed by atoms with Gasteiger partial charge in [0.1, 0.15) is 0 Å². The number of benzene rings is 1. The number of fused-ring (bicyclic) bond motifs is 2. The summed E-state index contributed by atoms with van der Waals surface area (Å²) in [5.74, 6) is 0. The lowest BCUT2D eigenvalue weighted by Crippen LogP contribution is -2.56. The molecule has 2 fully saturated rings. The first kappa shape index (κ1) is 13.3. The van der Waals surface area contributed by atoms with Gasteiger partial charge in [-0.2, -0.15) is 0 Å². The fraction of sp³-hybridized carbons (Fsp3) is 0.625. The number of nitrogens with one attached hydrogen (secondary N) is 1. The molecule has 3 heteroatoms. The van der Waals surface area contributed by atoms with Crippen LogP contribution in [-0.4, -0.2) is 25.2 Å². The number of rotatable bonds is 2. The summed E-state index contributed by atoms with van der Waals surface area (Å²) >= 11 is 6.31. The zero-order valence-electron chi connectivity index (χ0n) is 11.8. The van der Waals surface area contributed by atoms with E-state index in [2.05, 4.69) is 42.4 Å². The minimum atomic E-state index is 0.684. The van der Waals surface area contributed by atoms with Crippen LogP contribution in [0, 0.1) is 6.92 Å². The van der Waals surface area contributed by atoms with Gasteiger partial charge in [0.15, 0.2) is 0 Å². The first-order chi connectivity index (χ1) is 9.19. The smallest absolute Gasteiger partial charge is 0.0455 e. The fourth-order valence-corrected chi connectivity index (χ4v) is 3.96. The molecular weight excluding hydrogens is 256 g/mol. The summed E-state index contributed by atoms with van der Waals surface area (Å²) in [5.41, 5.74) is 2.49. The minimum Gasteiger partial charge on any atom is -0.365 e.